The number of hydrogen-bond donors (Lipinski definition) is 2. The Bertz CT molecular complexity index is 2630. The third kappa shape index (κ3) is 35.5. The lowest BCUT2D eigenvalue weighted by Crippen LogP contribution is -2.67. The second-order valence-electron chi connectivity index (χ2n) is 21.8. The lowest BCUT2D eigenvalue weighted by molar-refractivity contribution is -0.388. The SMILES string of the molecule is CC(=O)NC1C(OCc2ccccc2)OC(COCc2ccccc2)C(OC(O)C(OCc2ccccc2)C(OOCCOCCOCCOCCOCCSI)C(OCc2ccccc2)C(C)COOCCOCCOCCOCCOCCSI)C1OCc1ccccc1. The number of rotatable bonds is 58. The van der Waals surface area contributed by atoms with E-state index in [9.17, 15) is 9.90 Å². The van der Waals surface area contributed by atoms with E-state index in [1.807, 2.05) is 159 Å². The molecule has 1 aliphatic heterocycles. The molecule has 6 rings (SSSR count). The van der Waals surface area contributed by atoms with Gasteiger partial charge in [0.15, 0.2) is 18.7 Å². The van der Waals surface area contributed by atoms with Gasteiger partial charge < -0.3 is 81.5 Å². The highest BCUT2D eigenvalue weighted by molar-refractivity contribution is 14.2. The van der Waals surface area contributed by atoms with Gasteiger partial charge in [-0.3, -0.25) is 4.79 Å². The number of carbonyl (C=O) groups excluding carboxylic acids is 1. The van der Waals surface area contributed by atoms with Gasteiger partial charge in [-0.1, -0.05) is 176 Å². The maximum atomic E-state index is 13.4. The van der Waals surface area contributed by atoms with Gasteiger partial charge in [-0.2, -0.15) is 0 Å². The third-order valence-electron chi connectivity index (χ3n) is 14.4. The molecule has 5 aromatic rings. The second-order valence-corrected chi connectivity index (χ2v) is 26.8. The first-order valence-electron chi connectivity index (χ1n) is 32.4. The molecule has 10 atom stereocenters. The summed E-state index contributed by atoms with van der Waals surface area (Å²) in [6.07, 6.45) is -9.96. The predicted octanol–water partition coefficient (Wildman–Crippen LogP) is 10.3. The number of nitrogens with one attached hydrogen (secondary N) is 1. The molecule has 2 N–H and O–H groups in total. The number of halogens is 2. The Morgan fingerprint density at radius 3 is 1.28 bits per heavy atom. The molecule has 1 heterocycles. The Balaban J connectivity index is 1.26. The summed E-state index contributed by atoms with van der Waals surface area (Å²) >= 11 is 4.50. The van der Waals surface area contributed by atoms with Gasteiger partial charge >= 0.3 is 0 Å². The van der Waals surface area contributed by atoms with E-state index in [1.54, 1.807) is 17.9 Å². The Labute approximate surface area is 598 Å². The quantitative estimate of drug-likeness (QED) is 0.0121. The van der Waals surface area contributed by atoms with Gasteiger partial charge in [-0.15, -0.1) is 0 Å². The Kier molecular flexibility index (Phi) is 45.8. The second kappa shape index (κ2) is 53.7. The van der Waals surface area contributed by atoms with Crippen LogP contribution >= 0.6 is 60.3 Å². The first-order valence-corrected chi connectivity index (χ1v) is 39.5. The molecule has 1 fully saturated rings. The number of aliphatic hydroxyl groups is 1. The zero-order valence-electron chi connectivity index (χ0n) is 55.0. The van der Waals surface area contributed by atoms with Crippen LogP contribution in [0.3, 0.4) is 0 Å². The summed E-state index contributed by atoms with van der Waals surface area (Å²) < 4.78 is 93.1. The molecule has 0 saturated carbocycles. The van der Waals surface area contributed by atoms with Crippen LogP contribution in [-0.2, 0) is 128 Å². The van der Waals surface area contributed by atoms with Crippen LogP contribution in [-0.4, -0.2) is 210 Å². The summed E-state index contributed by atoms with van der Waals surface area (Å²) in [6, 6.07) is 47.1. The van der Waals surface area contributed by atoms with Gasteiger partial charge in [0.1, 0.15) is 43.7 Å². The van der Waals surface area contributed by atoms with E-state index in [0.29, 0.717) is 85.9 Å². The predicted molar refractivity (Wildman–Crippen MR) is 381 cm³/mol. The van der Waals surface area contributed by atoms with Gasteiger partial charge in [-0.05, 0) is 70.2 Å². The lowest BCUT2D eigenvalue weighted by Gasteiger charge is -2.47. The van der Waals surface area contributed by atoms with Crippen molar-refractivity contribution in [2.45, 2.75) is 102 Å². The maximum absolute atomic E-state index is 13.4. The highest BCUT2D eigenvalue weighted by Crippen LogP contribution is 2.33. The number of ether oxygens (including phenoxy) is 15. The Morgan fingerprint density at radius 2 is 0.844 bits per heavy atom. The minimum atomic E-state index is -1.88. The molecule has 0 bridgehead atoms. The zero-order valence-corrected chi connectivity index (χ0v) is 60.9. The number of carbonyl (C=O) groups is 1. The van der Waals surface area contributed by atoms with Crippen molar-refractivity contribution >= 4 is 66.2 Å². The fourth-order valence-electron chi connectivity index (χ4n) is 9.63. The molecule has 1 aliphatic rings. The average molecular weight is 1610 g/mol. The van der Waals surface area contributed by atoms with Crippen molar-refractivity contribution < 1.29 is 101 Å². The molecule has 0 spiro atoms. The fraction of sp³-hybridized carbons (Fsp3) is 0.557. The molecule has 0 aromatic heterocycles. The molecule has 10 unspecified atom stereocenters. The molecular formula is C70H97I2NO21S2. The van der Waals surface area contributed by atoms with Crippen molar-refractivity contribution in [1.82, 2.24) is 5.32 Å². The molecule has 1 saturated heterocycles. The van der Waals surface area contributed by atoms with Crippen molar-refractivity contribution in [3.05, 3.63) is 179 Å². The topological polar surface area (TPSA) is 225 Å². The Morgan fingerprint density at radius 1 is 0.458 bits per heavy atom. The van der Waals surface area contributed by atoms with Crippen LogP contribution in [0.4, 0.5) is 0 Å². The van der Waals surface area contributed by atoms with Gasteiger partial charge in [0.25, 0.3) is 0 Å². The van der Waals surface area contributed by atoms with Gasteiger partial charge in [-0.25, -0.2) is 19.6 Å². The van der Waals surface area contributed by atoms with Crippen LogP contribution in [0.2, 0.25) is 0 Å². The van der Waals surface area contributed by atoms with Crippen molar-refractivity contribution in [3.63, 3.8) is 0 Å². The number of aliphatic hydroxyl groups excluding tert-OH is 1. The molecule has 22 nitrogen and oxygen atoms in total. The van der Waals surface area contributed by atoms with E-state index in [1.165, 1.54) is 6.92 Å². The van der Waals surface area contributed by atoms with Gasteiger partial charge in [0.05, 0.1) is 158 Å². The van der Waals surface area contributed by atoms with E-state index in [-0.39, 0.29) is 85.2 Å². The number of amides is 1. The van der Waals surface area contributed by atoms with Gasteiger partial charge in [0.2, 0.25) is 5.91 Å². The fourth-order valence-corrected chi connectivity index (χ4v) is 11.1. The van der Waals surface area contributed by atoms with Crippen LogP contribution in [0, 0.1) is 5.92 Å². The summed E-state index contributed by atoms with van der Waals surface area (Å²) in [4.78, 5) is 37.6. The van der Waals surface area contributed by atoms with Crippen LogP contribution in [0.25, 0.3) is 0 Å². The first-order chi connectivity index (χ1) is 47.3. The smallest absolute Gasteiger partial charge is 0.217 e. The highest BCUT2D eigenvalue weighted by Gasteiger charge is 2.51. The van der Waals surface area contributed by atoms with E-state index in [4.69, 9.17) is 90.6 Å². The van der Waals surface area contributed by atoms with Crippen LogP contribution in [0.1, 0.15) is 41.7 Å². The zero-order chi connectivity index (χ0) is 67.6. The van der Waals surface area contributed by atoms with E-state index < -0.39 is 61.2 Å². The third-order valence-corrected chi connectivity index (χ3v) is 17.7. The minimum Gasteiger partial charge on any atom is -0.378 e. The van der Waals surface area contributed by atoms with Crippen molar-refractivity contribution in [2.24, 2.45) is 5.92 Å². The van der Waals surface area contributed by atoms with Gasteiger partial charge in [0, 0.05) is 24.3 Å². The van der Waals surface area contributed by atoms with Crippen molar-refractivity contribution in [1.29, 1.82) is 0 Å². The summed E-state index contributed by atoms with van der Waals surface area (Å²) in [5.74, 6) is 0.917. The van der Waals surface area contributed by atoms with E-state index >= 15 is 0 Å². The van der Waals surface area contributed by atoms with Crippen LogP contribution in [0.5, 0.6) is 0 Å². The number of benzene rings is 5. The highest BCUT2D eigenvalue weighted by atomic mass is 127. The van der Waals surface area contributed by atoms with Crippen LogP contribution in [0.15, 0.2) is 152 Å². The summed E-state index contributed by atoms with van der Waals surface area (Å²) in [6.45, 7) is 10.5. The van der Waals surface area contributed by atoms with Crippen molar-refractivity contribution in [2.75, 3.05) is 144 Å². The molecule has 0 radical (unpaired) electrons. The molecule has 534 valence electrons. The Hall–Kier alpha value is -3.07. The molecule has 5 aromatic carbocycles. The molecule has 96 heavy (non-hydrogen) atoms. The summed E-state index contributed by atoms with van der Waals surface area (Å²) in [7, 11) is 3.42. The minimum absolute atomic E-state index is 0.0254. The van der Waals surface area contributed by atoms with Crippen LogP contribution < -0.4 is 5.32 Å². The van der Waals surface area contributed by atoms with Crippen molar-refractivity contribution in [3.8, 4) is 0 Å². The summed E-state index contributed by atoms with van der Waals surface area (Å²) in [5, 5.41) is 16.3. The maximum Gasteiger partial charge on any atom is 0.217 e. The molecular weight excluding hydrogens is 1510 g/mol. The average Bonchev–Trinajstić information content (AvgIpc) is 0.799. The largest absolute Gasteiger partial charge is 0.378 e. The number of hydrogen-bond acceptors (Lipinski definition) is 23. The molecule has 26 heteroatoms. The molecule has 0 aliphatic carbocycles. The monoisotopic (exact) mass is 1610 g/mol. The van der Waals surface area contributed by atoms with E-state index in [2.05, 4.69) is 47.7 Å². The normalized spacial score (nSPS) is 18.0. The standard InChI is InChI=1S/C70H97I2NO21S2/c1-55(48-91-89-42-40-80-34-32-76-28-30-78-36-38-82-44-46-95-71)64(85-50-58-20-10-4-11-21-58)67(94-90-43-41-81-35-33-77-29-31-79-37-39-83-45-47-96-72)68(87-52-60-24-14-6-15-25-60)69(75)93-65-62(54-84-49-57-18-8-3-9-19-57)92-70(88-53-61-26-16-7-17-27-61)63(73-56(2)74)66(65)86-51-59-22-12-5-13-23-59/h3-27,55,62-70,75H,28-54H2,1-2H3,(H,73,74). The summed E-state index contributed by atoms with van der Waals surface area (Å²) in [5.41, 5.74) is 4.26. The lowest BCUT2D eigenvalue weighted by atomic mass is 9.94. The first kappa shape index (κ1) is 81.9. The van der Waals surface area contributed by atoms with E-state index in [0.717, 1.165) is 39.3 Å². The molecule has 1 amide bonds.